The van der Waals surface area contributed by atoms with Crippen molar-refractivity contribution in [2.45, 2.75) is 37.5 Å². The summed E-state index contributed by atoms with van der Waals surface area (Å²) in [4.78, 5) is 16.8. The monoisotopic (exact) mass is 408 g/mol. The first-order valence-corrected chi connectivity index (χ1v) is 11.2. The second-order valence-electron chi connectivity index (χ2n) is 6.96. The number of nitrogens with one attached hydrogen (secondary N) is 1. The van der Waals surface area contributed by atoms with E-state index in [1.807, 2.05) is 11.6 Å². The number of amides is 1. The molecule has 1 saturated heterocycles. The predicted molar refractivity (Wildman–Crippen MR) is 107 cm³/mol. The van der Waals surface area contributed by atoms with Gasteiger partial charge >= 0.3 is 0 Å². The van der Waals surface area contributed by atoms with Crippen LogP contribution in [-0.2, 0) is 33.0 Å². The molecule has 2 heterocycles. The number of ether oxygens (including phenoxy) is 1. The van der Waals surface area contributed by atoms with E-state index >= 15 is 0 Å². The maximum Gasteiger partial charge on any atom is 0.243 e. The zero-order chi connectivity index (χ0) is 20.1. The molecule has 3 rings (SSSR count). The maximum atomic E-state index is 12.8. The molecule has 1 aliphatic rings. The molecule has 8 nitrogen and oxygen atoms in total. The van der Waals surface area contributed by atoms with Crippen LogP contribution in [-0.4, -0.2) is 61.0 Å². The largest absolute Gasteiger partial charge is 0.379 e. The van der Waals surface area contributed by atoms with Crippen LogP contribution in [0.1, 0.15) is 32.0 Å². The van der Waals surface area contributed by atoms with E-state index in [9.17, 15) is 13.2 Å². The maximum absolute atomic E-state index is 12.8. The van der Waals surface area contributed by atoms with Crippen LogP contribution < -0.4 is 5.32 Å². The SMILES string of the molecule is CCCCNC(=O)CCc1nc2cc(S(=O)(=O)N3CCOCC3)ccc2n1C. The van der Waals surface area contributed by atoms with E-state index in [2.05, 4.69) is 17.2 Å². The molecule has 0 radical (unpaired) electrons. The molecule has 1 aromatic heterocycles. The molecule has 2 aromatic rings. The molecule has 0 aliphatic carbocycles. The average Bonchev–Trinajstić information content (AvgIpc) is 3.02. The number of fused-ring (bicyclic) bond motifs is 1. The van der Waals surface area contributed by atoms with E-state index < -0.39 is 10.0 Å². The zero-order valence-electron chi connectivity index (χ0n) is 16.5. The molecule has 154 valence electrons. The fraction of sp³-hybridized carbons (Fsp3) is 0.579. The molecule has 0 bridgehead atoms. The quantitative estimate of drug-likeness (QED) is 0.667. The van der Waals surface area contributed by atoms with Gasteiger partial charge in [0.25, 0.3) is 0 Å². The lowest BCUT2D eigenvalue weighted by Crippen LogP contribution is -2.40. The van der Waals surface area contributed by atoms with Crippen molar-refractivity contribution in [2.75, 3.05) is 32.8 Å². The Kier molecular flexibility index (Phi) is 6.69. The van der Waals surface area contributed by atoms with Crippen LogP contribution in [0.5, 0.6) is 0 Å². The smallest absolute Gasteiger partial charge is 0.243 e. The number of nitrogens with zero attached hydrogens (tertiary/aromatic N) is 3. The minimum Gasteiger partial charge on any atom is -0.379 e. The lowest BCUT2D eigenvalue weighted by atomic mass is 10.2. The number of hydrogen-bond acceptors (Lipinski definition) is 5. The summed E-state index contributed by atoms with van der Waals surface area (Å²) in [6.07, 6.45) is 2.88. The lowest BCUT2D eigenvalue weighted by molar-refractivity contribution is -0.121. The molecule has 0 spiro atoms. The molecular formula is C19H28N4O4S. The second kappa shape index (κ2) is 9.02. The van der Waals surface area contributed by atoms with Crippen molar-refractivity contribution >= 4 is 27.0 Å². The van der Waals surface area contributed by atoms with Crippen molar-refractivity contribution < 1.29 is 17.9 Å². The summed E-state index contributed by atoms with van der Waals surface area (Å²) in [5, 5.41) is 2.90. The Labute approximate surface area is 165 Å². The number of imidazole rings is 1. The normalized spacial score (nSPS) is 15.8. The average molecular weight is 409 g/mol. The van der Waals surface area contributed by atoms with E-state index in [1.165, 1.54) is 4.31 Å². The van der Waals surface area contributed by atoms with Crippen LogP contribution in [0, 0.1) is 0 Å². The van der Waals surface area contributed by atoms with Gasteiger partial charge in [0, 0.05) is 39.5 Å². The van der Waals surface area contributed by atoms with Gasteiger partial charge in [0.1, 0.15) is 5.82 Å². The zero-order valence-corrected chi connectivity index (χ0v) is 17.3. The third kappa shape index (κ3) is 4.53. The topological polar surface area (TPSA) is 93.5 Å². The summed E-state index contributed by atoms with van der Waals surface area (Å²) >= 11 is 0. The van der Waals surface area contributed by atoms with Gasteiger partial charge in [0.2, 0.25) is 15.9 Å². The third-order valence-electron chi connectivity index (χ3n) is 4.98. The van der Waals surface area contributed by atoms with Crippen LogP contribution in [0.3, 0.4) is 0 Å². The van der Waals surface area contributed by atoms with Gasteiger partial charge in [-0.05, 0) is 24.6 Å². The number of carbonyl (C=O) groups excluding carboxylic acids is 1. The predicted octanol–water partition coefficient (Wildman–Crippen LogP) is 1.44. The third-order valence-corrected chi connectivity index (χ3v) is 6.88. The van der Waals surface area contributed by atoms with Crippen molar-refractivity contribution in [3.05, 3.63) is 24.0 Å². The van der Waals surface area contributed by atoms with Gasteiger partial charge in [-0.3, -0.25) is 4.79 Å². The molecule has 9 heteroatoms. The Morgan fingerprint density at radius 1 is 1.29 bits per heavy atom. The fourth-order valence-corrected chi connectivity index (χ4v) is 4.70. The number of carbonyl (C=O) groups is 1. The summed E-state index contributed by atoms with van der Waals surface area (Å²) in [6.45, 7) is 4.33. The summed E-state index contributed by atoms with van der Waals surface area (Å²) < 4.78 is 34.3. The highest BCUT2D eigenvalue weighted by atomic mass is 32.2. The van der Waals surface area contributed by atoms with Gasteiger partial charge in [-0.1, -0.05) is 13.3 Å². The molecule has 0 unspecified atom stereocenters. The summed E-state index contributed by atoms with van der Waals surface area (Å²) in [6, 6.07) is 5.02. The molecule has 1 fully saturated rings. The molecule has 0 atom stereocenters. The number of morpholine rings is 1. The van der Waals surface area contributed by atoms with Gasteiger partial charge in [-0.25, -0.2) is 13.4 Å². The highest BCUT2D eigenvalue weighted by Crippen LogP contribution is 2.23. The number of sulfonamides is 1. The first kappa shape index (κ1) is 20.8. The molecule has 1 amide bonds. The van der Waals surface area contributed by atoms with Crippen LogP contribution in [0.2, 0.25) is 0 Å². The van der Waals surface area contributed by atoms with Crippen LogP contribution >= 0.6 is 0 Å². The van der Waals surface area contributed by atoms with Crippen molar-refractivity contribution in [1.82, 2.24) is 19.2 Å². The van der Waals surface area contributed by atoms with E-state index in [-0.39, 0.29) is 10.8 Å². The second-order valence-corrected chi connectivity index (χ2v) is 8.90. The van der Waals surface area contributed by atoms with Gasteiger partial charge in [0.15, 0.2) is 0 Å². The van der Waals surface area contributed by atoms with Crippen LogP contribution in [0.15, 0.2) is 23.1 Å². The van der Waals surface area contributed by atoms with Gasteiger partial charge in [-0.2, -0.15) is 4.31 Å². The van der Waals surface area contributed by atoms with Crippen molar-refractivity contribution in [3.63, 3.8) is 0 Å². The number of aromatic nitrogens is 2. The summed E-state index contributed by atoms with van der Waals surface area (Å²) in [7, 11) is -1.67. The standard InChI is InChI=1S/C19H28N4O4S/c1-3-4-9-20-19(24)8-7-18-21-16-14-15(5-6-17(16)22(18)2)28(25,26)23-10-12-27-13-11-23/h5-6,14H,3-4,7-13H2,1-2H3,(H,20,24). The van der Waals surface area contributed by atoms with Crippen molar-refractivity contribution in [3.8, 4) is 0 Å². The number of unbranched alkanes of at least 4 members (excludes halogenated alkanes) is 1. The summed E-state index contributed by atoms with van der Waals surface area (Å²) in [5.41, 5.74) is 1.47. The summed E-state index contributed by atoms with van der Waals surface area (Å²) in [5.74, 6) is 0.776. The first-order chi connectivity index (χ1) is 13.4. The minimum atomic E-state index is -3.56. The van der Waals surface area contributed by atoms with Gasteiger partial charge in [0.05, 0.1) is 29.1 Å². The first-order valence-electron chi connectivity index (χ1n) is 9.73. The lowest BCUT2D eigenvalue weighted by Gasteiger charge is -2.26. The Balaban J connectivity index is 1.75. The Morgan fingerprint density at radius 3 is 2.75 bits per heavy atom. The Bertz CT molecular complexity index is 933. The van der Waals surface area contributed by atoms with E-state index in [1.54, 1.807) is 18.2 Å². The highest BCUT2D eigenvalue weighted by Gasteiger charge is 2.27. The van der Waals surface area contributed by atoms with Gasteiger partial charge in [-0.15, -0.1) is 0 Å². The van der Waals surface area contributed by atoms with E-state index in [4.69, 9.17) is 4.74 Å². The molecule has 28 heavy (non-hydrogen) atoms. The molecule has 1 aliphatic heterocycles. The number of aryl methyl sites for hydroxylation is 2. The number of benzene rings is 1. The van der Waals surface area contributed by atoms with Crippen molar-refractivity contribution in [2.24, 2.45) is 7.05 Å². The highest BCUT2D eigenvalue weighted by molar-refractivity contribution is 7.89. The Hall–Kier alpha value is -1.97. The van der Waals surface area contributed by atoms with Gasteiger partial charge < -0.3 is 14.6 Å². The fourth-order valence-electron chi connectivity index (χ4n) is 3.27. The van der Waals surface area contributed by atoms with E-state index in [0.29, 0.717) is 51.2 Å². The van der Waals surface area contributed by atoms with E-state index in [0.717, 1.165) is 24.2 Å². The van der Waals surface area contributed by atoms with Crippen LogP contribution in [0.25, 0.3) is 11.0 Å². The molecular weight excluding hydrogens is 380 g/mol. The number of rotatable bonds is 8. The Morgan fingerprint density at radius 2 is 2.04 bits per heavy atom. The molecule has 0 saturated carbocycles. The molecule has 1 aromatic carbocycles. The minimum absolute atomic E-state index is 0.0103. The van der Waals surface area contributed by atoms with Crippen molar-refractivity contribution in [1.29, 1.82) is 0 Å². The number of hydrogen-bond donors (Lipinski definition) is 1. The van der Waals surface area contributed by atoms with Crippen LogP contribution in [0.4, 0.5) is 0 Å². The molecule has 1 N–H and O–H groups in total.